The van der Waals surface area contributed by atoms with Crippen molar-refractivity contribution in [2.45, 2.75) is 25.9 Å². The fraction of sp³-hybridized carbons (Fsp3) is 0.389. The van der Waals surface area contributed by atoms with Gasteiger partial charge in [-0.2, -0.15) is 4.98 Å². The Morgan fingerprint density at radius 2 is 2.12 bits per heavy atom. The first-order chi connectivity index (χ1) is 12.1. The molecule has 1 aromatic carbocycles. The average molecular weight is 342 g/mol. The van der Waals surface area contributed by atoms with Crippen LogP contribution in [0.25, 0.3) is 0 Å². The Morgan fingerprint density at radius 1 is 1.32 bits per heavy atom. The van der Waals surface area contributed by atoms with Crippen molar-refractivity contribution in [1.82, 2.24) is 9.97 Å². The van der Waals surface area contributed by atoms with Crippen molar-refractivity contribution >= 4 is 23.4 Å². The van der Waals surface area contributed by atoms with Gasteiger partial charge in [-0.3, -0.25) is 0 Å². The Balaban J connectivity index is 1.66. The summed E-state index contributed by atoms with van der Waals surface area (Å²) in [5.41, 5.74) is 2.19. The third-order valence-electron chi connectivity index (χ3n) is 3.94. The number of carbonyl (C=O) groups is 1. The molecular weight excluding hydrogens is 320 g/mol. The van der Waals surface area contributed by atoms with Crippen molar-refractivity contribution in [2.75, 3.05) is 30.9 Å². The van der Waals surface area contributed by atoms with Gasteiger partial charge in [-0.25, -0.2) is 9.78 Å². The number of hydrogen-bond acceptors (Lipinski definition) is 7. The summed E-state index contributed by atoms with van der Waals surface area (Å²) in [6.07, 6.45) is 2.40. The zero-order valence-corrected chi connectivity index (χ0v) is 14.4. The molecule has 25 heavy (non-hydrogen) atoms. The number of methoxy groups -OCH3 is 1. The SMILES string of the molecule is COC(=O)c1ccc(Nc2cc(C)nc(NCC3CCCO3)n2)cc1. The first kappa shape index (κ1) is 17.2. The van der Waals surface area contributed by atoms with E-state index in [4.69, 9.17) is 9.47 Å². The minimum absolute atomic E-state index is 0.228. The van der Waals surface area contributed by atoms with E-state index in [9.17, 15) is 4.79 Å². The molecule has 1 saturated heterocycles. The second kappa shape index (κ2) is 7.94. The highest BCUT2D eigenvalue weighted by Gasteiger charge is 2.15. The van der Waals surface area contributed by atoms with Crippen LogP contribution < -0.4 is 10.6 Å². The van der Waals surface area contributed by atoms with Crippen molar-refractivity contribution < 1.29 is 14.3 Å². The highest BCUT2D eigenvalue weighted by molar-refractivity contribution is 5.89. The van der Waals surface area contributed by atoms with E-state index in [1.807, 2.05) is 25.1 Å². The minimum Gasteiger partial charge on any atom is -0.465 e. The van der Waals surface area contributed by atoms with E-state index in [-0.39, 0.29) is 12.1 Å². The number of hydrogen-bond donors (Lipinski definition) is 2. The highest BCUT2D eigenvalue weighted by atomic mass is 16.5. The first-order valence-corrected chi connectivity index (χ1v) is 8.30. The van der Waals surface area contributed by atoms with Crippen LogP contribution >= 0.6 is 0 Å². The summed E-state index contributed by atoms with van der Waals surface area (Å²) in [6, 6.07) is 8.90. The Labute approximate surface area is 146 Å². The quantitative estimate of drug-likeness (QED) is 0.781. The number of anilines is 3. The van der Waals surface area contributed by atoms with Crippen LogP contribution in [0.1, 0.15) is 28.9 Å². The van der Waals surface area contributed by atoms with Crippen molar-refractivity contribution in [3.63, 3.8) is 0 Å². The van der Waals surface area contributed by atoms with Crippen molar-refractivity contribution in [2.24, 2.45) is 0 Å². The molecule has 1 unspecified atom stereocenters. The van der Waals surface area contributed by atoms with E-state index in [0.29, 0.717) is 23.9 Å². The van der Waals surface area contributed by atoms with E-state index in [1.165, 1.54) is 7.11 Å². The van der Waals surface area contributed by atoms with Gasteiger partial charge in [0.05, 0.1) is 18.8 Å². The Kier molecular flexibility index (Phi) is 5.45. The number of aromatic nitrogens is 2. The number of carbonyl (C=O) groups excluding carboxylic acids is 1. The molecule has 132 valence electrons. The summed E-state index contributed by atoms with van der Waals surface area (Å²) in [7, 11) is 1.36. The van der Waals surface area contributed by atoms with Crippen LogP contribution in [0.3, 0.4) is 0 Å². The van der Waals surface area contributed by atoms with E-state index >= 15 is 0 Å². The van der Waals surface area contributed by atoms with Crippen molar-refractivity contribution in [3.05, 3.63) is 41.6 Å². The Bertz CT molecular complexity index is 728. The summed E-state index contributed by atoms with van der Waals surface area (Å²) in [6.45, 7) is 3.45. The van der Waals surface area contributed by atoms with Crippen LogP contribution in [0, 0.1) is 6.92 Å². The molecule has 1 aromatic heterocycles. The summed E-state index contributed by atoms with van der Waals surface area (Å²) in [5, 5.41) is 6.46. The second-order valence-corrected chi connectivity index (χ2v) is 5.93. The number of nitrogens with zero attached hydrogens (tertiary/aromatic N) is 2. The number of nitrogens with one attached hydrogen (secondary N) is 2. The number of aryl methyl sites for hydroxylation is 1. The number of rotatable bonds is 6. The fourth-order valence-electron chi connectivity index (χ4n) is 2.68. The lowest BCUT2D eigenvalue weighted by Crippen LogP contribution is -2.20. The molecule has 0 radical (unpaired) electrons. The van der Waals surface area contributed by atoms with Gasteiger partial charge in [0, 0.05) is 30.6 Å². The van der Waals surface area contributed by atoms with E-state index in [1.54, 1.807) is 12.1 Å². The molecule has 1 atom stereocenters. The van der Waals surface area contributed by atoms with Gasteiger partial charge in [0.15, 0.2) is 0 Å². The van der Waals surface area contributed by atoms with E-state index < -0.39 is 0 Å². The van der Waals surface area contributed by atoms with Gasteiger partial charge in [-0.05, 0) is 44.0 Å². The van der Waals surface area contributed by atoms with Gasteiger partial charge in [0.2, 0.25) is 5.95 Å². The molecule has 3 rings (SSSR count). The molecule has 7 nitrogen and oxygen atoms in total. The van der Waals surface area contributed by atoms with E-state index in [2.05, 4.69) is 20.6 Å². The van der Waals surface area contributed by atoms with Crippen LogP contribution in [-0.4, -0.2) is 42.3 Å². The van der Waals surface area contributed by atoms with Gasteiger partial charge in [-0.1, -0.05) is 0 Å². The van der Waals surface area contributed by atoms with Gasteiger partial charge in [-0.15, -0.1) is 0 Å². The van der Waals surface area contributed by atoms with Crippen LogP contribution in [0.5, 0.6) is 0 Å². The molecule has 1 aliphatic heterocycles. The monoisotopic (exact) mass is 342 g/mol. The lowest BCUT2D eigenvalue weighted by atomic mass is 10.2. The minimum atomic E-state index is -0.356. The predicted octanol–water partition coefficient (Wildman–Crippen LogP) is 2.91. The lowest BCUT2D eigenvalue weighted by Gasteiger charge is -2.13. The molecule has 7 heteroatoms. The zero-order chi connectivity index (χ0) is 17.6. The molecule has 2 aromatic rings. The molecule has 0 aliphatic carbocycles. The maximum Gasteiger partial charge on any atom is 0.337 e. The van der Waals surface area contributed by atoms with Crippen LogP contribution in [0.4, 0.5) is 17.5 Å². The van der Waals surface area contributed by atoms with Gasteiger partial charge in [0.25, 0.3) is 0 Å². The number of ether oxygens (including phenoxy) is 2. The molecule has 1 aliphatic rings. The second-order valence-electron chi connectivity index (χ2n) is 5.93. The maximum absolute atomic E-state index is 11.5. The highest BCUT2D eigenvalue weighted by Crippen LogP contribution is 2.18. The average Bonchev–Trinajstić information content (AvgIpc) is 3.13. The predicted molar refractivity (Wildman–Crippen MR) is 95.3 cm³/mol. The maximum atomic E-state index is 11.5. The molecule has 2 N–H and O–H groups in total. The Hall–Kier alpha value is -2.67. The summed E-state index contributed by atoms with van der Waals surface area (Å²) in [4.78, 5) is 20.4. The summed E-state index contributed by atoms with van der Waals surface area (Å²) in [5.74, 6) is 0.905. The third-order valence-corrected chi connectivity index (χ3v) is 3.94. The largest absolute Gasteiger partial charge is 0.465 e. The molecular formula is C18H22N4O3. The van der Waals surface area contributed by atoms with Crippen LogP contribution in [0.2, 0.25) is 0 Å². The number of esters is 1. The standard InChI is InChI=1S/C18H22N4O3/c1-12-10-16(21-14-7-5-13(6-8-14)17(23)24-2)22-18(20-12)19-11-15-4-3-9-25-15/h5-8,10,15H,3-4,9,11H2,1-2H3,(H2,19,20,21,22). The van der Waals surface area contributed by atoms with Crippen molar-refractivity contribution in [1.29, 1.82) is 0 Å². The smallest absolute Gasteiger partial charge is 0.337 e. The zero-order valence-electron chi connectivity index (χ0n) is 14.4. The third kappa shape index (κ3) is 4.67. The summed E-state index contributed by atoms with van der Waals surface area (Å²) >= 11 is 0. The molecule has 2 heterocycles. The van der Waals surface area contributed by atoms with E-state index in [0.717, 1.165) is 30.8 Å². The fourth-order valence-corrected chi connectivity index (χ4v) is 2.68. The van der Waals surface area contributed by atoms with Crippen LogP contribution in [0.15, 0.2) is 30.3 Å². The summed E-state index contributed by atoms with van der Waals surface area (Å²) < 4.78 is 10.3. The molecule has 0 amide bonds. The van der Waals surface area contributed by atoms with Gasteiger partial charge < -0.3 is 20.1 Å². The van der Waals surface area contributed by atoms with Gasteiger partial charge >= 0.3 is 5.97 Å². The molecule has 0 saturated carbocycles. The van der Waals surface area contributed by atoms with Crippen molar-refractivity contribution in [3.8, 4) is 0 Å². The Morgan fingerprint density at radius 3 is 2.80 bits per heavy atom. The normalized spacial score (nSPS) is 16.5. The van der Waals surface area contributed by atoms with Gasteiger partial charge in [0.1, 0.15) is 5.82 Å². The topological polar surface area (TPSA) is 85.4 Å². The van der Waals surface area contributed by atoms with Crippen LogP contribution in [-0.2, 0) is 9.47 Å². The first-order valence-electron chi connectivity index (χ1n) is 8.30. The molecule has 0 bridgehead atoms. The molecule has 1 fully saturated rings. The molecule has 0 spiro atoms. The number of benzene rings is 1. The lowest BCUT2D eigenvalue weighted by molar-refractivity contribution is 0.0601.